The molecule has 2 aromatic heterocycles. The number of halogens is 1. The van der Waals surface area contributed by atoms with Crippen molar-refractivity contribution in [3.8, 4) is 0 Å². The normalized spacial score (nSPS) is 10.4. The van der Waals surface area contributed by atoms with Gasteiger partial charge in [-0.1, -0.05) is 0 Å². The van der Waals surface area contributed by atoms with E-state index in [4.69, 9.17) is 5.11 Å². The van der Waals surface area contributed by atoms with Gasteiger partial charge in [-0.05, 0) is 35.0 Å². The average molecular weight is 326 g/mol. The summed E-state index contributed by atoms with van der Waals surface area (Å²) in [7, 11) is 0. The molecule has 19 heavy (non-hydrogen) atoms. The fourth-order valence-electron chi connectivity index (χ4n) is 1.50. The van der Waals surface area contributed by atoms with Gasteiger partial charge in [0.1, 0.15) is 17.1 Å². The molecule has 0 unspecified atom stereocenters. The minimum atomic E-state index is -1.02. The van der Waals surface area contributed by atoms with Crippen LogP contribution >= 0.6 is 15.9 Å². The van der Waals surface area contributed by atoms with E-state index < -0.39 is 5.97 Å². The zero-order valence-corrected chi connectivity index (χ0v) is 11.8. The number of hydrogen-bond donors (Lipinski definition) is 2. The molecule has 0 bridgehead atoms. The van der Waals surface area contributed by atoms with Gasteiger partial charge in [-0.25, -0.2) is 9.78 Å². The zero-order chi connectivity index (χ0) is 13.8. The number of nitrogens with one attached hydrogen (secondary N) is 1. The molecular weight excluding hydrogens is 314 g/mol. The van der Waals surface area contributed by atoms with Crippen LogP contribution in [0.3, 0.4) is 0 Å². The molecule has 0 radical (unpaired) electrons. The minimum absolute atomic E-state index is 0.126. The Morgan fingerprint density at radius 3 is 2.95 bits per heavy atom. The summed E-state index contributed by atoms with van der Waals surface area (Å²) < 4.78 is 0.634. The fraction of sp³-hybridized carbons (Fsp3) is 0.273. The van der Waals surface area contributed by atoms with E-state index in [2.05, 4.69) is 36.4 Å². The van der Waals surface area contributed by atoms with Gasteiger partial charge < -0.3 is 10.4 Å². The van der Waals surface area contributed by atoms with E-state index in [-0.39, 0.29) is 5.56 Å². The van der Waals surface area contributed by atoms with Crippen molar-refractivity contribution in [3.05, 3.63) is 34.2 Å². The third-order valence-corrected chi connectivity index (χ3v) is 3.04. The van der Waals surface area contributed by atoms with E-state index in [1.165, 1.54) is 12.3 Å². The summed E-state index contributed by atoms with van der Waals surface area (Å²) >= 11 is 3.31. The Morgan fingerprint density at radius 1 is 1.53 bits per heavy atom. The number of carboxylic acids is 1. The molecule has 100 valence electrons. The van der Waals surface area contributed by atoms with Crippen molar-refractivity contribution >= 4 is 27.7 Å². The number of rotatable bonds is 5. The molecule has 0 saturated heterocycles. The van der Waals surface area contributed by atoms with Gasteiger partial charge in [-0.15, -0.1) is 5.10 Å². The Bertz CT molecular complexity index is 599. The predicted octanol–water partition coefficient (Wildman–Crippen LogP) is 1.77. The Morgan fingerprint density at radius 2 is 2.32 bits per heavy atom. The van der Waals surface area contributed by atoms with Crippen molar-refractivity contribution in [2.75, 3.05) is 5.32 Å². The van der Waals surface area contributed by atoms with Crippen molar-refractivity contribution in [1.82, 2.24) is 20.0 Å². The first kappa shape index (κ1) is 13.5. The van der Waals surface area contributed by atoms with E-state index in [1.807, 2.05) is 6.92 Å². The molecule has 2 N–H and O–H groups in total. The number of aromatic carboxylic acids is 1. The molecule has 2 heterocycles. The highest BCUT2D eigenvalue weighted by molar-refractivity contribution is 9.10. The van der Waals surface area contributed by atoms with Gasteiger partial charge >= 0.3 is 5.97 Å². The highest BCUT2D eigenvalue weighted by atomic mass is 79.9. The van der Waals surface area contributed by atoms with E-state index in [1.54, 1.807) is 10.9 Å². The van der Waals surface area contributed by atoms with Crippen LogP contribution in [-0.2, 0) is 13.1 Å². The minimum Gasteiger partial charge on any atom is -0.478 e. The number of aromatic nitrogens is 4. The predicted molar refractivity (Wildman–Crippen MR) is 71.9 cm³/mol. The van der Waals surface area contributed by atoms with Crippen molar-refractivity contribution in [3.63, 3.8) is 0 Å². The van der Waals surface area contributed by atoms with Gasteiger partial charge in [0.2, 0.25) is 0 Å². The van der Waals surface area contributed by atoms with Crippen molar-refractivity contribution in [2.24, 2.45) is 0 Å². The van der Waals surface area contributed by atoms with Crippen LogP contribution in [0.2, 0.25) is 0 Å². The number of aryl methyl sites for hydroxylation is 1. The number of anilines is 1. The highest BCUT2D eigenvalue weighted by Crippen LogP contribution is 2.15. The molecule has 0 saturated carbocycles. The van der Waals surface area contributed by atoms with Gasteiger partial charge in [0.05, 0.1) is 13.1 Å². The molecule has 7 nitrogen and oxygen atoms in total. The van der Waals surface area contributed by atoms with Crippen molar-refractivity contribution < 1.29 is 9.90 Å². The van der Waals surface area contributed by atoms with Crippen LogP contribution in [0.5, 0.6) is 0 Å². The lowest BCUT2D eigenvalue weighted by atomic mass is 10.2. The van der Waals surface area contributed by atoms with Crippen LogP contribution in [0.15, 0.2) is 22.9 Å². The Hall–Kier alpha value is -1.96. The lowest BCUT2D eigenvalue weighted by Gasteiger charge is -2.06. The van der Waals surface area contributed by atoms with Crippen LogP contribution in [0.4, 0.5) is 5.82 Å². The van der Waals surface area contributed by atoms with E-state index in [9.17, 15) is 4.79 Å². The second kappa shape index (κ2) is 5.79. The summed E-state index contributed by atoms with van der Waals surface area (Å²) in [4.78, 5) is 16.6. The van der Waals surface area contributed by atoms with Crippen LogP contribution in [0.1, 0.15) is 23.0 Å². The standard InChI is InChI=1S/C11H12BrN5O2/c1-2-17-15-8(9(12)16-17)6-14-10-7(11(18)19)4-3-5-13-10/h3-5H,2,6H2,1H3,(H,13,14)(H,18,19). The van der Waals surface area contributed by atoms with Crippen molar-refractivity contribution in [1.29, 1.82) is 0 Å². The first-order valence-electron chi connectivity index (χ1n) is 5.63. The van der Waals surface area contributed by atoms with Crippen LogP contribution in [-0.4, -0.2) is 31.1 Å². The maximum Gasteiger partial charge on any atom is 0.339 e. The smallest absolute Gasteiger partial charge is 0.339 e. The number of carboxylic acid groups (broad SMARTS) is 1. The van der Waals surface area contributed by atoms with Gasteiger partial charge in [0, 0.05) is 6.20 Å². The molecule has 0 fully saturated rings. The summed E-state index contributed by atoms with van der Waals surface area (Å²) in [5.41, 5.74) is 0.824. The second-order valence-corrected chi connectivity index (χ2v) is 4.44. The number of hydrogen-bond acceptors (Lipinski definition) is 5. The molecule has 0 spiro atoms. The molecule has 0 aliphatic heterocycles. The second-order valence-electron chi connectivity index (χ2n) is 3.68. The van der Waals surface area contributed by atoms with Crippen molar-refractivity contribution in [2.45, 2.75) is 20.0 Å². The maximum absolute atomic E-state index is 11.0. The van der Waals surface area contributed by atoms with E-state index in [0.29, 0.717) is 29.2 Å². The molecule has 0 atom stereocenters. The summed E-state index contributed by atoms with van der Waals surface area (Å²) in [6, 6.07) is 3.08. The average Bonchev–Trinajstić information content (AvgIpc) is 2.77. The van der Waals surface area contributed by atoms with E-state index in [0.717, 1.165) is 0 Å². The molecule has 2 aromatic rings. The third kappa shape index (κ3) is 3.08. The summed E-state index contributed by atoms with van der Waals surface area (Å²) in [5, 5.41) is 20.4. The first-order chi connectivity index (χ1) is 9.11. The quantitative estimate of drug-likeness (QED) is 0.870. The monoisotopic (exact) mass is 325 g/mol. The third-order valence-electron chi connectivity index (χ3n) is 2.42. The molecular formula is C11H12BrN5O2. The fourth-order valence-corrected chi connectivity index (χ4v) is 1.90. The SMILES string of the molecule is CCn1nc(Br)c(CNc2ncccc2C(=O)O)n1. The molecule has 8 heteroatoms. The lowest BCUT2D eigenvalue weighted by Crippen LogP contribution is -2.09. The molecule has 0 amide bonds. The zero-order valence-electron chi connectivity index (χ0n) is 10.2. The highest BCUT2D eigenvalue weighted by Gasteiger charge is 2.12. The van der Waals surface area contributed by atoms with E-state index >= 15 is 0 Å². The maximum atomic E-state index is 11.0. The van der Waals surface area contributed by atoms with Gasteiger partial charge in [-0.2, -0.15) is 9.90 Å². The Labute approximate surface area is 117 Å². The Balaban J connectivity index is 2.14. The summed E-state index contributed by atoms with van der Waals surface area (Å²) in [6.45, 7) is 2.95. The molecule has 0 aromatic carbocycles. The van der Waals surface area contributed by atoms with Crippen LogP contribution in [0, 0.1) is 0 Å². The van der Waals surface area contributed by atoms with Crippen LogP contribution < -0.4 is 5.32 Å². The summed E-state index contributed by atoms with van der Waals surface area (Å²) in [5.74, 6) is -0.708. The van der Waals surface area contributed by atoms with Gasteiger partial charge in [-0.3, -0.25) is 0 Å². The number of carbonyl (C=O) groups is 1. The van der Waals surface area contributed by atoms with Crippen LogP contribution in [0.25, 0.3) is 0 Å². The number of nitrogens with zero attached hydrogens (tertiary/aromatic N) is 4. The lowest BCUT2D eigenvalue weighted by molar-refractivity contribution is 0.0697. The molecule has 0 aliphatic rings. The number of pyridine rings is 1. The summed E-state index contributed by atoms with van der Waals surface area (Å²) in [6.07, 6.45) is 1.53. The van der Waals surface area contributed by atoms with Gasteiger partial charge in [0.25, 0.3) is 0 Å². The largest absolute Gasteiger partial charge is 0.478 e. The first-order valence-corrected chi connectivity index (χ1v) is 6.42. The molecule has 2 rings (SSSR count). The molecule has 0 aliphatic carbocycles. The van der Waals surface area contributed by atoms with Gasteiger partial charge in [0.15, 0.2) is 4.60 Å². The Kier molecular flexibility index (Phi) is 4.10. The topological polar surface area (TPSA) is 92.9 Å².